The van der Waals surface area contributed by atoms with Crippen LogP contribution < -0.4 is 0 Å². The van der Waals surface area contributed by atoms with E-state index in [0.29, 0.717) is 23.7 Å². The molecule has 1 aromatic heterocycles. The molecule has 0 fully saturated rings. The lowest BCUT2D eigenvalue weighted by Crippen LogP contribution is -2.07. The summed E-state index contributed by atoms with van der Waals surface area (Å²) in [4.78, 5) is 0. The van der Waals surface area contributed by atoms with Crippen molar-refractivity contribution in [2.75, 3.05) is 0 Å². The Morgan fingerprint density at radius 1 is 0.514 bits per heavy atom. The number of furan rings is 1. The van der Waals surface area contributed by atoms with E-state index in [1.165, 1.54) is 45.9 Å². The molecule has 37 heavy (non-hydrogen) atoms. The Hall–Kier alpha value is -3.32. The Labute approximate surface area is 222 Å². The van der Waals surface area contributed by atoms with Gasteiger partial charge in [-0.15, -0.1) is 0 Å². The van der Waals surface area contributed by atoms with E-state index in [2.05, 4.69) is 125 Å². The van der Waals surface area contributed by atoms with Crippen LogP contribution in [-0.2, 0) is 0 Å². The highest BCUT2D eigenvalue weighted by Gasteiger charge is 2.21. The fourth-order valence-corrected chi connectivity index (χ4v) is 5.68. The molecule has 0 bridgehead atoms. The molecule has 4 aromatic carbocycles. The summed E-state index contributed by atoms with van der Waals surface area (Å²) < 4.78 is 6.34. The van der Waals surface area contributed by atoms with Crippen molar-refractivity contribution in [2.45, 2.75) is 65.2 Å². The lowest BCUT2D eigenvalue weighted by Gasteiger charge is -2.22. The number of hydrogen-bond acceptors (Lipinski definition) is 1. The first-order valence-corrected chi connectivity index (χ1v) is 14.1. The molecule has 0 N–H and O–H groups in total. The molecular formula is C36H40O. The second kappa shape index (κ2) is 11.4. The smallest absolute Gasteiger partial charge is 0.135 e. The summed E-state index contributed by atoms with van der Waals surface area (Å²) in [5.74, 6) is 2.11. The van der Waals surface area contributed by atoms with Crippen LogP contribution in [0.5, 0.6) is 0 Å². The van der Waals surface area contributed by atoms with Crippen LogP contribution in [0, 0.1) is 11.8 Å². The van der Waals surface area contributed by atoms with Gasteiger partial charge in [0, 0.05) is 22.6 Å². The van der Waals surface area contributed by atoms with Crippen molar-refractivity contribution in [1.82, 2.24) is 0 Å². The number of fused-ring (bicyclic) bond motifs is 3. The molecule has 190 valence electrons. The molecule has 1 nitrogen and oxygen atoms in total. The van der Waals surface area contributed by atoms with Crippen molar-refractivity contribution in [3.63, 3.8) is 0 Å². The van der Waals surface area contributed by atoms with Gasteiger partial charge in [-0.25, -0.2) is 0 Å². The molecule has 4 atom stereocenters. The Kier molecular flexibility index (Phi) is 7.79. The standard InChI is InChI=1S/C36H40O/c1-5-25(3)21-31(27-13-9-7-10-14-27)29-17-19-35-33(23-29)34-24-30(18-20-36(34)37-35)32(22-26(4)6-2)28-15-11-8-12-16-28/h7-20,23-26,31-32H,5-6,21-22H2,1-4H3. The topological polar surface area (TPSA) is 13.1 Å². The van der Waals surface area contributed by atoms with Crippen LogP contribution in [0.2, 0.25) is 0 Å². The van der Waals surface area contributed by atoms with E-state index in [1.54, 1.807) is 0 Å². The molecule has 0 aliphatic rings. The lowest BCUT2D eigenvalue weighted by molar-refractivity contribution is 0.484. The minimum Gasteiger partial charge on any atom is -0.456 e. The zero-order chi connectivity index (χ0) is 25.8. The third-order valence-electron chi connectivity index (χ3n) is 8.40. The van der Waals surface area contributed by atoms with Gasteiger partial charge < -0.3 is 4.42 Å². The number of hydrogen-bond donors (Lipinski definition) is 0. The van der Waals surface area contributed by atoms with Crippen molar-refractivity contribution >= 4 is 21.9 Å². The maximum Gasteiger partial charge on any atom is 0.135 e. The summed E-state index contributed by atoms with van der Waals surface area (Å²) in [6, 6.07) is 35.7. The van der Waals surface area contributed by atoms with Gasteiger partial charge in [-0.3, -0.25) is 0 Å². The highest BCUT2D eigenvalue weighted by atomic mass is 16.3. The van der Waals surface area contributed by atoms with Gasteiger partial charge in [0.05, 0.1) is 0 Å². The number of benzene rings is 4. The molecule has 1 heteroatoms. The van der Waals surface area contributed by atoms with Crippen LogP contribution >= 0.6 is 0 Å². The van der Waals surface area contributed by atoms with Crippen molar-refractivity contribution in [1.29, 1.82) is 0 Å². The summed E-state index contributed by atoms with van der Waals surface area (Å²) in [5.41, 5.74) is 7.51. The van der Waals surface area contributed by atoms with Crippen LogP contribution in [0.15, 0.2) is 101 Å². The lowest BCUT2D eigenvalue weighted by atomic mass is 9.82. The maximum atomic E-state index is 6.34. The monoisotopic (exact) mass is 488 g/mol. The van der Waals surface area contributed by atoms with Crippen LogP contribution in [0.4, 0.5) is 0 Å². The van der Waals surface area contributed by atoms with Crippen molar-refractivity contribution in [3.05, 3.63) is 119 Å². The van der Waals surface area contributed by atoms with Gasteiger partial charge in [0.1, 0.15) is 11.2 Å². The summed E-state index contributed by atoms with van der Waals surface area (Å²) in [7, 11) is 0. The zero-order valence-electron chi connectivity index (χ0n) is 22.8. The Balaban J connectivity index is 1.61. The highest BCUT2D eigenvalue weighted by molar-refractivity contribution is 6.05. The normalized spacial score (nSPS) is 15.0. The maximum absolute atomic E-state index is 6.34. The van der Waals surface area contributed by atoms with Crippen LogP contribution in [0.1, 0.15) is 87.5 Å². The average molecular weight is 489 g/mol. The van der Waals surface area contributed by atoms with Gasteiger partial charge in [-0.05, 0) is 71.2 Å². The quantitative estimate of drug-likeness (QED) is 0.190. The van der Waals surface area contributed by atoms with Gasteiger partial charge >= 0.3 is 0 Å². The Morgan fingerprint density at radius 2 is 0.919 bits per heavy atom. The van der Waals surface area contributed by atoms with Gasteiger partial charge in [0.25, 0.3) is 0 Å². The van der Waals surface area contributed by atoms with E-state index in [1.807, 2.05) is 0 Å². The highest BCUT2D eigenvalue weighted by Crippen LogP contribution is 2.39. The fraction of sp³-hybridized carbons (Fsp3) is 0.333. The van der Waals surface area contributed by atoms with Gasteiger partial charge in [-0.1, -0.05) is 113 Å². The van der Waals surface area contributed by atoms with E-state index in [4.69, 9.17) is 4.42 Å². The fourth-order valence-electron chi connectivity index (χ4n) is 5.68. The Morgan fingerprint density at radius 3 is 1.30 bits per heavy atom. The largest absolute Gasteiger partial charge is 0.456 e. The van der Waals surface area contributed by atoms with Crippen LogP contribution in [0.25, 0.3) is 21.9 Å². The molecule has 0 spiro atoms. The van der Waals surface area contributed by atoms with Crippen molar-refractivity contribution < 1.29 is 4.42 Å². The first-order valence-electron chi connectivity index (χ1n) is 14.1. The van der Waals surface area contributed by atoms with Crippen LogP contribution in [-0.4, -0.2) is 0 Å². The Bertz CT molecular complexity index is 1320. The molecule has 0 aliphatic carbocycles. The average Bonchev–Trinajstić information content (AvgIpc) is 3.32. The summed E-state index contributed by atoms with van der Waals surface area (Å²) >= 11 is 0. The summed E-state index contributed by atoms with van der Waals surface area (Å²) in [5, 5.41) is 2.46. The van der Waals surface area contributed by atoms with Crippen molar-refractivity contribution in [2.24, 2.45) is 11.8 Å². The van der Waals surface area contributed by atoms with E-state index < -0.39 is 0 Å². The molecule has 1 heterocycles. The first kappa shape index (κ1) is 25.3. The molecule has 0 aliphatic heterocycles. The molecule has 5 aromatic rings. The zero-order valence-corrected chi connectivity index (χ0v) is 22.8. The minimum atomic E-state index is 0.385. The van der Waals surface area contributed by atoms with Crippen LogP contribution in [0.3, 0.4) is 0 Å². The summed E-state index contributed by atoms with van der Waals surface area (Å²) in [6.07, 6.45) is 4.69. The van der Waals surface area contributed by atoms with Gasteiger partial charge in [0.15, 0.2) is 0 Å². The predicted octanol–water partition coefficient (Wildman–Crippen LogP) is 10.7. The third-order valence-corrected chi connectivity index (χ3v) is 8.40. The molecular weight excluding hydrogens is 448 g/mol. The number of rotatable bonds is 10. The van der Waals surface area contributed by atoms with Crippen molar-refractivity contribution in [3.8, 4) is 0 Å². The molecule has 4 unspecified atom stereocenters. The minimum absolute atomic E-state index is 0.385. The third kappa shape index (κ3) is 5.52. The molecule has 5 rings (SSSR count). The molecule has 0 saturated carbocycles. The first-order chi connectivity index (χ1) is 18.1. The molecule has 0 amide bonds. The molecule has 0 saturated heterocycles. The summed E-state index contributed by atoms with van der Waals surface area (Å²) in [6.45, 7) is 9.33. The van der Waals surface area contributed by atoms with Gasteiger partial charge in [0.2, 0.25) is 0 Å². The SMILES string of the molecule is CCC(C)CC(c1ccccc1)c1ccc2oc3ccc(C(CC(C)CC)c4ccccc4)cc3c2c1. The predicted molar refractivity (Wildman–Crippen MR) is 158 cm³/mol. The van der Waals surface area contributed by atoms with E-state index in [9.17, 15) is 0 Å². The van der Waals surface area contributed by atoms with E-state index >= 15 is 0 Å². The molecule has 0 radical (unpaired) electrons. The van der Waals surface area contributed by atoms with Gasteiger partial charge in [-0.2, -0.15) is 0 Å². The van der Waals surface area contributed by atoms with E-state index in [0.717, 1.165) is 24.0 Å². The second-order valence-corrected chi connectivity index (χ2v) is 11.0. The second-order valence-electron chi connectivity index (χ2n) is 11.0. The van der Waals surface area contributed by atoms with E-state index in [-0.39, 0.29) is 0 Å².